The molecule has 0 bridgehead atoms. The lowest BCUT2D eigenvalue weighted by Crippen LogP contribution is -2.34. The molecule has 0 amide bonds. The van der Waals surface area contributed by atoms with Crippen LogP contribution in [0.1, 0.15) is 12.5 Å². The molecule has 3 rings (SSSR count). The number of rotatable bonds is 1. The Morgan fingerprint density at radius 2 is 2.00 bits per heavy atom. The van der Waals surface area contributed by atoms with Gasteiger partial charge in [0.05, 0.1) is 11.6 Å². The Balaban J connectivity index is 1.97. The summed E-state index contributed by atoms with van der Waals surface area (Å²) in [6.45, 7) is 4.49. The second kappa shape index (κ2) is 4.46. The molecule has 2 heterocycles. The summed E-state index contributed by atoms with van der Waals surface area (Å²) in [7, 11) is 0. The van der Waals surface area contributed by atoms with E-state index in [2.05, 4.69) is 5.32 Å². The molecule has 2 saturated heterocycles. The summed E-state index contributed by atoms with van der Waals surface area (Å²) in [4.78, 5) is 1.81. The van der Waals surface area contributed by atoms with Crippen molar-refractivity contribution < 1.29 is 8.78 Å². The first kappa shape index (κ1) is 12.4. The first-order valence-electron chi connectivity index (χ1n) is 6.48. The highest BCUT2D eigenvalue weighted by Crippen LogP contribution is 2.38. The molecule has 0 saturated carbocycles. The lowest BCUT2D eigenvalue weighted by Gasteiger charge is -2.27. The smallest absolute Gasteiger partial charge is 0.150 e. The van der Waals surface area contributed by atoms with Crippen molar-refractivity contribution in [1.82, 2.24) is 5.32 Å². The van der Waals surface area contributed by atoms with Crippen molar-refractivity contribution in [2.75, 3.05) is 24.5 Å². The fraction of sp³-hybridized carbons (Fsp3) is 0.500. The van der Waals surface area contributed by atoms with Crippen LogP contribution in [-0.4, -0.2) is 25.7 Å². The van der Waals surface area contributed by atoms with E-state index in [1.165, 1.54) is 0 Å². The number of halogens is 2. The van der Waals surface area contributed by atoms with E-state index in [1.54, 1.807) is 6.07 Å². The van der Waals surface area contributed by atoms with Crippen molar-refractivity contribution in [3.05, 3.63) is 29.3 Å². The Bertz CT molecular complexity index is 529. The zero-order chi connectivity index (χ0) is 13.6. The fourth-order valence-corrected chi connectivity index (χ4v) is 3.37. The SMILES string of the molecule is CC1C2CNCC2CN1c1c(F)cc(C#N)cc1F. The molecule has 2 aliphatic heterocycles. The van der Waals surface area contributed by atoms with E-state index >= 15 is 0 Å². The van der Waals surface area contributed by atoms with Gasteiger partial charge >= 0.3 is 0 Å². The molecule has 100 valence electrons. The van der Waals surface area contributed by atoms with Gasteiger partial charge in [-0.05, 0) is 30.9 Å². The van der Waals surface area contributed by atoms with Crippen molar-refractivity contribution in [2.24, 2.45) is 11.8 Å². The van der Waals surface area contributed by atoms with E-state index in [9.17, 15) is 8.78 Å². The van der Waals surface area contributed by atoms with Crippen LogP contribution in [0.15, 0.2) is 12.1 Å². The average molecular weight is 263 g/mol. The van der Waals surface area contributed by atoms with E-state index in [4.69, 9.17) is 5.26 Å². The monoisotopic (exact) mass is 263 g/mol. The van der Waals surface area contributed by atoms with Gasteiger partial charge in [0.25, 0.3) is 0 Å². The molecule has 0 radical (unpaired) electrons. The quantitative estimate of drug-likeness (QED) is 0.841. The molecule has 0 aromatic heterocycles. The molecular formula is C14H15F2N3. The van der Waals surface area contributed by atoms with Crippen LogP contribution in [0.25, 0.3) is 0 Å². The van der Waals surface area contributed by atoms with Crippen LogP contribution in [0.4, 0.5) is 14.5 Å². The number of fused-ring (bicyclic) bond motifs is 1. The zero-order valence-electron chi connectivity index (χ0n) is 10.7. The molecule has 5 heteroatoms. The van der Waals surface area contributed by atoms with Crippen LogP contribution in [0.2, 0.25) is 0 Å². The molecule has 19 heavy (non-hydrogen) atoms. The second-order valence-electron chi connectivity index (χ2n) is 5.38. The van der Waals surface area contributed by atoms with Gasteiger partial charge in [-0.3, -0.25) is 0 Å². The van der Waals surface area contributed by atoms with E-state index < -0.39 is 11.6 Å². The van der Waals surface area contributed by atoms with Crippen LogP contribution < -0.4 is 10.2 Å². The molecule has 3 atom stereocenters. The van der Waals surface area contributed by atoms with Crippen molar-refractivity contribution in [3.8, 4) is 6.07 Å². The van der Waals surface area contributed by atoms with Gasteiger partial charge in [-0.25, -0.2) is 8.78 Å². The van der Waals surface area contributed by atoms with Crippen LogP contribution in [0.3, 0.4) is 0 Å². The molecule has 3 unspecified atom stereocenters. The fourth-order valence-electron chi connectivity index (χ4n) is 3.37. The van der Waals surface area contributed by atoms with Gasteiger partial charge in [0.15, 0.2) is 11.6 Å². The Morgan fingerprint density at radius 1 is 1.32 bits per heavy atom. The van der Waals surface area contributed by atoms with E-state index in [-0.39, 0.29) is 17.3 Å². The third-order valence-electron chi connectivity index (χ3n) is 4.37. The Morgan fingerprint density at radius 3 is 2.58 bits per heavy atom. The van der Waals surface area contributed by atoms with Gasteiger partial charge in [-0.1, -0.05) is 0 Å². The largest absolute Gasteiger partial charge is 0.363 e. The molecule has 3 nitrogen and oxygen atoms in total. The second-order valence-corrected chi connectivity index (χ2v) is 5.38. The molecule has 1 aromatic rings. The summed E-state index contributed by atoms with van der Waals surface area (Å²) in [5.74, 6) is -0.397. The highest BCUT2D eigenvalue weighted by molar-refractivity contribution is 5.54. The average Bonchev–Trinajstić information content (AvgIpc) is 2.93. The van der Waals surface area contributed by atoms with E-state index in [0.717, 1.165) is 25.2 Å². The van der Waals surface area contributed by atoms with Crippen molar-refractivity contribution in [3.63, 3.8) is 0 Å². The zero-order valence-corrected chi connectivity index (χ0v) is 10.7. The first-order valence-corrected chi connectivity index (χ1v) is 6.48. The number of anilines is 1. The Labute approximate surface area is 110 Å². The summed E-state index contributed by atoms with van der Waals surface area (Å²) in [5.41, 5.74) is 0.0355. The van der Waals surface area contributed by atoms with Crippen LogP contribution in [0.5, 0.6) is 0 Å². The van der Waals surface area contributed by atoms with Crippen LogP contribution in [-0.2, 0) is 0 Å². The predicted octanol–water partition coefficient (Wildman–Crippen LogP) is 1.88. The topological polar surface area (TPSA) is 39.1 Å². The molecular weight excluding hydrogens is 248 g/mol. The Kier molecular flexibility index (Phi) is 2.90. The molecule has 2 aliphatic rings. The lowest BCUT2D eigenvalue weighted by molar-refractivity contribution is 0.469. The standard InChI is InChI=1S/C14H15F2N3/c1-8-11-6-18-5-10(11)7-19(8)14-12(15)2-9(4-17)3-13(14)16/h2-3,8,10-11,18H,5-7H2,1H3. The van der Waals surface area contributed by atoms with Gasteiger partial charge < -0.3 is 10.2 Å². The maximum absolute atomic E-state index is 14.1. The lowest BCUT2D eigenvalue weighted by atomic mass is 9.95. The van der Waals surface area contributed by atoms with Gasteiger partial charge in [0.1, 0.15) is 5.69 Å². The number of hydrogen-bond acceptors (Lipinski definition) is 3. The summed E-state index contributed by atoms with van der Waals surface area (Å²) < 4.78 is 28.1. The van der Waals surface area contributed by atoms with Gasteiger partial charge in [0, 0.05) is 25.7 Å². The maximum atomic E-state index is 14.1. The first-order chi connectivity index (χ1) is 9.11. The van der Waals surface area contributed by atoms with E-state index in [0.29, 0.717) is 18.4 Å². The minimum atomic E-state index is -0.642. The molecule has 2 fully saturated rings. The van der Waals surface area contributed by atoms with Gasteiger partial charge in [0.2, 0.25) is 0 Å². The maximum Gasteiger partial charge on any atom is 0.150 e. The highest BCUT2D eigenvalue weighted by Gasteiger charge is 2.43. The number of nitriles is 1. The normalized spacial score (nSPS) is 29.4. The third kappa shape index (κ3) is 1.87. The van der Waals surface area contributed by atoms with Crippen molar-refractivity contribution in [2.45, 2.75) is 13.0 Å². The predicted molar refractivity (Wildman–Crippen MR) is 67.7 cm³/mol. The van der Waals surface area contributed by atoms with Crippen molar-refractivity contribution in [1.29, 1.82) is 5.26 Å². The minimum Gasteiger partial charge on any atom is -0.363 e. The number of nitrogens with one attached hydrogen (secondary N) is 1. The highest BCUT2D eigenvalue weighted by atomic mass is 19.1. The van der Waals surface area contributed by atoms with Crippen molar-refractivity contribution >= 4 is 5.69 Å². The van der Waals surface area contributed by atoms with Gasteiger partial charge in [-0.15, -0.1) is 0 Å². The third-order valence-corrected chi connectivity index (χ3v) is 4.37. The molecule has 1 aromatic carbocycles. The summed E-state index contributed by atoms with van der Waals surface area (Å²) in [5, 5.41) is 12.0. The van der Waals surface area contributed by atoms with Crippen LogP contribution >= 0.6 is 0 Å². The van der Waals surface area contributed by atoms with Crippen LogP contribution in [0, 0.1) is 34.8 Å². The Hall–Kier alpha value is -1.67. The summed E-state index contributed by atoms with van der Waals surface area (Å²) >= 11 is 0. The molecule has 0 spiro atoms. The molecule has 1 N–H and O–H groups in total. The van der Waals surface area contributed by atoms with Gasteiger partial charge in [-0.2, -0.15) is 5.26 Å². The molecule has 0 aliphatic carbocycles. The minimum absolute atomic E-state index is 0.0147. The number of benzene rings is 1. The number of nitrogens with zero attached hydrogens (tertiary/aromatic N) is 2. The van der Waals surface area contributed by atoms with E-state index in [1.807, 2.05) is 11.8 Å². The number of hydrogen-bond donors (Lipinski definition) is 1. The summed E-state index contributed by atoms with van der Waals surface area (Å²) in [6.07, 6.45) is 0. The summed E-state index contributed by atoms with van der Waals surface area (Å²) in [6, 6.07) is 4.09.